The number of ether oxygens (including phenoxy) is 1. The summed E-state index contributed by atoms with van der Waals surface area (Å²) in [6, 6.07) is 12.3. The third-order valence-electron chi connectivity index (χ3n) is 4.17. The number of nitro groups is 1. The number of rotatable bonds is 6. The second kappa shape index (κ2) is 8.34. The average molecular weight is 397 g/mol. The number of benzene rings is 2. The molecule has 0 bridgehead atoms. The lowest BCUT2D eigenvalue weighted by molar-refractivity contribution is -0.384. The number of carbonyl (C=O) groups is 1. The van der Waals surface area contributed by atoms with E-state index in [0.717, 1.165) is 6.07 Å². The minimum absolute atomic E-state index is 0.0695. The van der Waals surface area contributed by atoms with Crippen molar-refractivity contribution in [3.63, 3.8) is 0 Å². The van der Waals surface area contributed by atoms with Gasteiger partial charge in [-0.2, -0.15) is 0 Å². The number of pyridine rings is 1. The van der Waals surface area contributed by atoms with E-state index in [1.807, 2.05) is 0 Å². The highest BCUT2D eigenvalue weighted by Crippen LogP contribution is 2.29. The Balaban J connectivity index is 1.89. The number of hydrogen-bond acceptors (Lipinski definition) is 5. The number of methoxy groups -OCH3 is 1. The zero-order valence-corrected chi connectivity index (χ0v) is 15.3. The Labute approximate surface area is 164 Å². The van der Waals surface area contributed by atoms with Crippen LogP contribution in [0.4, 0.5) is 15.8 Å². The maximum Gasteiger partial charge on any atom is 0.271 e. The molecule has 29 heavy (non-hydrogen) atoms. The van der Waals surface area contributed by atoms with Gasteiger partial charge in [0.2, 0.25) is 0 Å². The Hall–Kier alpha value is -4.01. The third kappa shape index (κ3) is 4.46. The summed E-state index contributed by atoms with van der Waals surface area (Å²) in [6.45, 7) is 0.153. The van der Waals surface area contributed by atoms with E-state index >= 15 is 0 Å². The number of hydrogen-bond donors (Lipinski definition) is 1. The monoisotopic (exact) mass is 397 g/mol. The number of aromatic nitrogens is 1. The molecule has 0 aliphatic carbocycles. The zero-order valence-electron chi connectivity index (χ0n) is 15.3. The standard InChI is InChI=1S/C20H16FN3O5/c1-29-18-9-8-15(24(27)28)11-17(18)22-19(25)16-3-2-10-23(20(16)26)12-13-4-6-14(21)7-5-13/h2-11H,12H2,1H3,(H,22,25). The SMILES string of the molecule is COc1ccc([N+](=O)[O-])cc1NC(=O)c1cccn(Cc2ccc(F)cc2)c1=O. The predicted molar refractivity (Wildman–Crippen MR) is 104 cm³/mol. The molecule has 0 aliphatic heterocycles. The van der Waals surface area contributed by atoms with Crippen molar-refractivity contribution in [3.05, 3.63) is 98.2 Å². The number of nitro benzene ring substituents is 1. The molecule has 8 nitrogen and oxygen atoms in total. The van der Waals surface area contributed by atoms with E-state index in [1.165, 1.54) is 54.3 Å². The van der Waals surface area contributed by atoms with Crippen LogP contribution in [0, 0.1) is 15.9 Å². The van der Waals surface area contributed by atoms with Gasteiger partial charge in [-0.25, -0.2) is 4.39 Å². The van der Waals surface area contributed by atoms with Crippen molar-refractivity contribution in [1.82, 2.24) is 4.57 Å². The Morgan fingerprint density at radius 2 is 1.93 bits per heavy atom. The molecule has 148 valence electrons. The number of non-ortho nitro benzene ring substituents is 1. The molecule has 0 unspecified atom stereocenters. The van der Waals surface area contributed by atoms with E-state index in [0.29, 0.717) is 5.56 Å². The normalized spacial score (nSPS) is 10.4. The van der Waals surface area contributed by atoms with E-state index in [2.05, 4.69) is 5.32 Å². The van der Waals surface area contributed by atoms with Crippen molar-refractivity contribution in [2.24, 2.45) is 0 Å². The van der Waals surface area contributed by atoms with Crippen LogP contribution in [0.15, 0.2) is 65.6 Å². The molecule has 0 radical (unpaired) electrons. The van der Waals surface area contributed by atoms with E-state index in [9.17, 15) is 24.1 Å². The van der Waals surface area contributed by atoms with Crippen molar-refractivity contribution >= 4 is 17.3 Å². The molecule has 2 aromatic carbocycles. The minimum Gasteiger partial charge on any atom is -0.495 e. The summed E-state index contributed by atoms with van der Waals surface area (Å²) in [5, 5.41) is 13.5. The van der Waals surface area contributed by atoms with Crippen LogP contribution in [0.25, 0.3) is 0 Å². The van der Waals surface area contributed by atoms with Gasteiger partial charge in [-0.05, 0) is 35.9 Å². The van der Waals surface area contributed by atoms with Gasteiger partial charge in [0.15, 0.2) is 0 Å². The molecule has 1 heterocycles. The first kappa shape index (κ1) is 19.7. The van der Waals surface area contributed by atoms with Gasteiger partial charge < -0.3 is 14.6 Å². The summed E-state index contributed by atoms with van der Waals surface area (Å²) in [6.07, 6.45) is 1.51. The molecule has 0 spiro atoms. The van der Waals surface area contributed by atoms with Gasteiger partial charge in [0.1, 0.15) is 17.1 Å². The number of nitrogens with zero attached hydrogens (tertiary/aromatic N) is 2. The maximum atomic E-state index is 13.0. The fourth-order valence-electron chi connectivity index (χ4n) is 2.72. The van der Waals surface area contributed by atoms with Crippen LogP contribution in [0.1, 0.15) is 15.9 Å². The molecule has 0 saturated carbocycles. The lowest BCUT2D eigenvalue weighted by atomic mass is 10.2. The largest absolute Gasteiger partial charge is 0.495 e. The molecule has 0 aliphatic rings. The number of anilines is 1. The molecular weight excluding hydrogens is 381 g/mol. The van der Waals surface area contributed by atoms with Crippen molar-refractivity contribution in [2.75, 3.05) is 12.4 Å². The molecule has 3 rings (SSSR count). The van der Waals surface area contributed by atoms with E-state index in [4.69, 9.17) is 4.74 Å². The Morgan fingerprint density at radius 3 is 2.59 bits per heavy atom. The zero-order chi connectivity index (χ0) is 21.0. The molecule has 1 amide bonds. The second-order valence-electron chi connectivity index (χ2n) is 6.08. The van der Waals surface area contributed by atoms with E-state index in [1.54, 1.807) is 12.1 Å². The Kier molecular flexibility index (Phi) is 5.68. The molecule has 0 fully saturated rings. The van der Waals surface area contributed by atoms with Crippen LogP contribution >= 0.6 is 0 Å². The van der Waals surface area contributed by atoms with E-state index in [-0.39, 0.29) is 35.0 Å². The van der Waals surface area contributed by atoms with Crippen molar-refractivity contribution < 1.29 is 18.8 Å². The lowest BCUT2D eigenvalue weighted by Gasteiger charge is -2.11. The highest BCUT2D eigenvalue weighted by atomic mass is 19.1. The van der Waals surface area contributed by atoms with Gasteiger partial charge in [0.25, 0.3) is 17.2 Å². The lowest BCUT2D eigenvalue weighted by Crippen LogP contribution is -2.29. The van der Waals surface area contributed by atoms with Crippen LogP contribution in [-0.4, -0.2) is 22.5 Å². The number of amides is 1. The summed E-state index contributed by atoms with van der Waals surface area (Å²) < 4.78 is 19.5. The molecule has 1 N–H and O–H groups in total. The van der Waals surface area contributed by atoms with Crippen molar-refractivity contribution in [1.29, 1.82) is 0 Å². The Morgan fingerprint density at radius 1 is 1.21 bits per heavy atom. The number of halogens is 1. The van der Waals surface area contributed by atoms with Gasteiger partial charge in [-0.15, -0.1) is 0 Å². The third-order valence-corrected chi connectivity index (χ3v) is 4.17. The molecule has 3 aromatic rings. The first-order chi connectivity index (χ1) is 13.9. The smallest absolute Gasteiger partial charge is 0.271 e. The summed E-state index contributed by atoms with van der Waals surface area (Å²) in [5.41, 5.74) is -0.184. The fraction of sp³-hybridized carbons (Fsp3) is 0.100. The van der Waals surface area contributed by atoms with Crippen molar-refractivity contribution in [2.45, 2.75) is 6.54 Å². The first-order valence-corrected chi connectivity index (χ1v) is 8.46. The average Bonchev–Trinajstić information content (AvgIpc) is 2.71. The minimum atomic E-state index is -0.734. The van der Waals surface area contributed by atoms with Gasteiger partial charge in [-0.3, -0.25) is 19.7 Å². The highest BCUT2D eigenvalue weighted by molar-refractivity contribution is 6.05. The van der Waals surface area contributed by atoms with Gasteiger partial charge in [-0.1, -0.05) is 12.1 Å². The summed E-state index contributed by atoms with van der Waals surface area (Å²) >= 11 is 0. The summed E-state index contributed by atoms with van der Waals surface area (Å²) in [5.74, 6) is -0.908. The highest BCUT2D eigenvalue weighted by Gasteiger charge is 2.17. The molecule has 0 atom stereocenters. The molecular formula is C20H16FN3O5. The van der Waals surface area contributed by atoms with Gasteiger partial charge >= 0.3 is 0 Å². The maximum absolute atomic E-state index is 13.0. The number of carbonyl (C=O) groups excluding carboxylic acids is 1. The quantitative estimate of drug-likeness (QED) is 0.508. The van der Waals surface area contributed by atoms with Gasteiger partial charge in [0.05, 0.1) is 24.3 Å². The Bertz CT molecular complexity index is 1130. The van der Waals surface area contributed by atoms with Crippen LogP contribution in [-0.2, 0) is 6.54 Å². The fourth-order valence-corrected chi connectivity index (χ4v) is 2.72. The van der Waals surface area contributed by atoms with Crippen molar-refractivity contribution in [3.8, 4) is 5.75 Å². The topological polar surface area (TPSA) is 103 Å². The molecule has 9 heteroatoms. The van der Waals surface area contributed by atoms with E-state index < -0.39 is 16.4 Å². The molecule has 1 aromatic heterocycles. The summed E-state index contributed by atoms with van der Waals surface area (Å²) in [7, 11) is 1.36. The van der Waals surface area contributed by atoms with Gasteiger partial charge in [0, 0.05) is 18.3 Å². The molecule has 0 saturated heterocycles. The van der Waals surface area contributed by atoms with Crippen LogP contribution < -0.4 is 15.6 Å². The van der Waals surface area contributed by atoms with Crippen LogP contribution in [0.2, 0.25) is 0 Å². The van der Waals surface area contributed by atoms with Crippen LogP contribution in [0.5, 0.6) is 5.75 Å². The summed E-state index contributed by atoms with van der Waals surface area (Å²) in [4.78, 5) is 35.7. The number of nitrogens with one attached hydrogen (secondary N) is 1. The van der Waals surface area contributed by atoms with Crippen LogP contribution in [0.3, 0.4) is 0 Å². The predicted octanol–water partition coefficient (Wildman–Crippen LogP) is 3.20. The first-order valence-electron chi connectivity index (χ1n) is 8.46. The second-order valence-corrected chi connectivity index (χ2v) is 6.08.